The fourth-order valence-corrected chi connectivity index (χ4v) is 1.91. The third-order valence-electron chi connectivity index (χ3n) is 2.94. The Hall–Kier alpha value is -1.18. The van der Waals surface area contributed by atoms with Crippen LogP contribution in [0.3, 0.4) is 0 Å². The first-order chi connectivity index (χ1) is 8.54. The van der Waals surface area contributed by atoms with Crippen molar-refractivity contribution in [1.29, 1.82) is 0 Å². The highest BCUT2D eigenvalue weighted by Crippen LogP contribution is 2.16. The Morgan fingerprint density at radius 3 is 2.17 bits per heavy atom. The SMILES string of the molecule is CCOC(=O)C(N)C(=O)N1CC(OC)C(OC)C1. The molecule has 7 heteroatoms. The topological polar surface area (TPSA) is 91.1 Å². The highest BCUT2D eigenvalue weighted by molar-refractivity contribution is 6.01. The van der Waals surface area contributed by atoms with Crippen molar-refractivity contribution in [3.63, 3.8) is 0 Å². The van der Waals surface area contributed by atoms with Crippen LogP contribution >= 0.6 is 0 Å². The zero-order chi connectivity index (χ0) is 13.7. The highest BCUT2D eigenvalue weighted by Gasteiger charge is 2.39. The number of hydrogen-bond donors (Lipinski definition) is 1. The maximum absolute atomic E-state index is 12.0. The van der Waals surface area contributed by atoms with Crippen LogP contribution < -0.4 is 5.73 Å². The monoisotopic (exact) mass is 260 g/mol. The molecule has 1 amide bonds. The van der Waals surface area contributed by atoms with Gasteiger partial charge in [0, 0.05) is 27.3 Å². The molecule has 18 heavy (non-hydrogen) atoms. The molecular weight excluding hydrogens is 240 g/mol. The molecule has 1 rings (SSSR count). The van der Waals surface area contributed by atoms with Crippen LogP contribution in [0.1, 0.15) is 6.92 Å². The van der Waals surface area contributed by atoms with Gasteiger partial charge in [-0.25, -0.2) is 4.79 Å². The van der Waals surface area contributed by atoms with Crippen LogP contribution in [0.5, 0.6) is 0 Å². The molecule has 7 nitrogen and oxygen atoms in total. The number of carbonyl (C=O) groups is 2. The van der Waals surface area contributed by atoms with Gasteiger partial charge in [-0.05, 0) is 6.92 Å². The summed E-state index contributed by atoms with van der Waals surface area (Å²) in [6.07, 6.45) is -0.401. The molecule has 3 unspecified atom stereocenters. The number of amides is 1. The molecule has 0 spiro atoms. The van der Waals surface area contributed by atoms with Crippen molar-refractivity contribution >= 4 is 11.9 Å². The Labute approximate surface area is 106 Å². The van der Waals surface area contributed by atoms with Crippen LogP contribution in [-0.2, 0) is 23.8 Å². The smallest absolute Gasteiger partial charge is 0.332 e. The van der Waals surface area contributed by atoms with Crippen molar-refractivity contribution in [3.8, 4) is 0 Å². The lowest BCUT2D eigenvalue weighted by molar-refractivity contribution is -0.150. The van der Waals surface area contributed by atoms with E-state index in [0.717, 1.165) is 0 Å². The number of esters is 1. The quantitative estimate of drug-likeness (QED) is 0.490. The molecule has 2 N–H and O–H groups in total. The van der Waals surface area contributed by atoms with Gasteiger partial charge in [-0.1, -0.05) is 0 Å². The van der Waals surface area contributed by atoms with Gasteiger partial charge < -0.3 is 24.8 Å². The van der Waals surface area contributed by atoms with E-state index in [2.05, 4.69) is 0 Å². The number of ether oxygens (including phenoxy) is 3. The Bertz CT molecular complexity index is 298. The molecule has 0 aromatic heterocycles. The summed E-state index contributed by atoms with van der Waals surface area (Å²) in [6.45, 7) is 2.58. The van der Waals surface area contributed by atoms with Crippen LogP contribution in [0.4, 0.5) is 0 Å². The van der Waals surface area contributed by atoms with Crippen LogP contribution in [0.15, 0.2) is 0 Å². The minimum atomic E-state index is -1.28. The molecule has 1 aliphatic rings. The van der Waals surface area contributed by atoms with Crippen LogP contribution in [0.2, 0.25) is 0 Å². The summed E-state index contributed by atoms with van der Waals surface area (Å²) in [6, 6.07) is -1.28. The van der Waals surface area contributed by atoms with Gasteiger partial charge in [-0.3, -0.25) is 4.79 Å². The predicted molar refractivity (Wildman–Crippen MR) is 62.8 cm³/mol. The largest absolute Gasteiger partial charge is 0.464 e. The maximum atomic E-state index is 12.0. The summed E-state index contributed by atoms with van der Waals surface area (Å²) in [5.74, 6) is -1.17. The average Bonchev–Trinajstić information content (AvgIpc) is 2.80. The van der Waals surface area contributed by atoms with Gasteiger partial charge in [0.15, 0.2) is 6.04 Å². The van der Waals surface area contributed by atoms with E-state index in [4.69, 9.17) is 19.9 Å². The molecule has 3 atom stereocenters. The van der Waals surface area contributed by atoms with Crippen LogP contribution in [-0.4, -0.2) is 68.9 Å². The lowest BCUT2D eigenvalue weighted by Crippen LogP contribution is -2.48. The van der Waals surface area contributed by atoms with Crippen LogP contribution in [0, 0.1) is 0 Å². The van der Waals surface area contributed by atoms with Gasteiger partial charge in [-0.2, -0.15) is 0 Å². The van der Waals surface area contributed by atoms with E-state index in [1.165, 1.54) is 4.90 Å². The van der Waals surface area contributed by atoms with Gasteiger partial charge in [0.05, 0.1) is 6.61 Å². The fraction of sp³-hybridized carbons (Fsp3) is 0.818. The van der Waals surface area contributed by atoms with Crippen molar-refractivity contribution in [2.45, 2.75) is 25.2 Å². The van der Waals surface area contributed by atoms with Crippen molar-refractivity contribution < 1.29 is 23.8 Å². The summed E-state index contributed by atoms with van der Waals surface area (Å²) in [7, 11) is 3.10. The molecule has 1 heterocycles. The molecule has 0 saturated carbocycles. The summed E-state index contributed by atoms with van der Waals surface area (Å²) in [5.41, 5.74) is 5.55. The molecule has 104 valence electrons. The first kappa shape index (κ1) is 14.9. The maximum Gasteiger partial charge on any atom is 0.332 e. The molecule has 0 aromatic carbocycles. The van der Waals surface area contributed by atoms with E-state index in [-0.39, 0.29) is 18.8 Å². The number of rotatable bonds is 5. The first-order valence-electron chi connectivity index (χ1n) is 5.81. The summed E-state index contributed by atoms with van der Waals surface area (Å²) < 4.78 is 15.1. The van der Waals surface area contributed by atoms with Crippen LogP contribution in [0.25, 0.3) is 0 Å². The molecule has 0 aromatic rings. The van der Waals surface area contributed by atoms with E-state index in [1.807, 2.05) is 0 Å². The zero-order valence-corrected chi connectivity index (χ0v) is 10.9. The third-order valence-corrected chi connectivity index (χ3v) is 2.94. The molecule has 0 aliphatic carbocycles. The Morgan fingerprint density at radius 1 is 1.28 bits per heavy atom. The summed E-state index contributed by atoms with van der Waals surface area (Å²) in [4.78, 5) is 24.8. The van der Waals surface area contributed by atoms with Gasteiger partial charge in [0.2, 0.25) is 0 Å². The average molecular weight is 260 g/mol. The standard InChI is InChI=1S/C11H20N2O5/c1-4-18-11(15)9(12)10(14)13-5-7(16-2)8(6-13)17-3/h7-9H,4-6,12H2,1-3H3. The molecule has 0 bridgehead atoms. The Balaban J connectivity index is 2.60. The number of methoxy groups -OCH3 is 2. The number of likely N-dealkylation sites (tertiary alicyclic amines) is 1. The Kier molecular flexibility index (Phi) is 5.52. The molecule has 1 saturated heterocycles. The van der Waals surface area contributed by atoms with Crippen molar-refractivity contribution in [3.05, 3.63) is 0 Å². The number of carbonyl (C=O) groups excluding carboxylic acids is 2. The minimum absolute atomic E-state index is 0.196. The van der Waals surface area contributed by atoms with Crippen molar-refractivity contribution in [1.82, 2.24) is 4.90 Å². The fourth-order valence-electron chi connectivity index (χ4n) is 1.91. The zero-order valence-electron chi connectivity index (χ0n) is 10.9. The van der Waals surface area contributed by atoms with Gasteiger partial charge in [-0.15, -0.1) is 0 Å². The van der Waals surface area contributed by atoms with Crippen molar-refractivity contribution in [2.75, 3.05) is 33.9 Å². The van der Waals surface area contributed by atoms with E-state index in [1.54, 1.807) is 21.1 Å². The molecule has 1 aliphatic heterocycles. The Morgan fingerprint density at radius 2 is 1.78 bits per heavy atom. The van der Waals surface area contributed by atoms with E-state index in [0.29, 0.717) is 13.1 Å². The highest BCUT2D eigenvalue weighted by atomic mass is 16.5. The number of nitrogens with zero attached hydrogens (tertiary/aromatic N) is 1. The number of nitrogens with two attached hydrogens (primary N) is 1. The lowest BCUT2D eigenvalue weighted by Gasteiger charge is -2.19. The second kappa shape index (κ2) is 6.67. The van der Waals surface area contributed by atoms with E-state index < -0.39 is 17.9 Å². The molecule has 0 radical (unpaired) electrons. The van der Waals surface area contributed by atoms with Gasteiger partial charge in [0.25, 0.3) is 5.91 Å². The summed E-state index contributed by atoms with van der Waals surface area (Å²) in [5, 5.41) is 0. The predicted octanol–water partition coefficient (Wildman–Crippen LogP) is -1.25. The second-order valence-corrected chi connectivity index (χ2v) is 4.02. The minimum Gasteiger partial charge on any atom is -0.464 e. The van der Waals surface area contributed by atoms with Crippen molar-refractivity contribution in [2.24, 2.45) is 5.73 Å². The second-order valence-electron chi connectivity index (χ2n) is 4.02. The van der Waals surface area contributed by atoms with E-state index >= 15 is 0 Å². The van der Waals surface area contributed by atoms with Gasteiger partial charge >= 0.3 is 5.97 Å². The van der Waals surface area contributed by atoms with Gasteiger partial charge in [0.1, 0.15) is 12.2 Å². The number of hydrogen-bond acceptors (Lipinski definition) is 6. The molecule has 1 fully saturated rings. The molecular formula is C11H20N2O5. The lowest BCUT2D eigenvalue weighted by atomic mass is 10.3. The normalized spacial score (nSPS) is 25.0. The summed E-state index contributed by atoms with van der Waals surface area (Å²) >= 11 is 0. The van der Waals surface area contributed by atoms with E-state index in [9.17, 15) is 9.59 Å². The first-order valence-corrected chi connectivity index (χ1v) is 5.81. The third kappa shape index (κ3) is 3.18.